The van der Waals surface area contributed by atoms with Gasteiger partial charge < -0.3 is 14.0 Å². The molecule has 0 saturated heterocycles. The monoisotopic (exact) mass is 458 g/mol. The van der Waals surface area contributed by atoms with Crippen molar-refractivity contribution in [2.75, 3.05) is 20.3 Å². The Morgan fingerprint density at radius 2 is 1.94 bits per heavy atom. The third-order valence-electron chi connectivity index (χ3n) is 6.26. The molecule has 2 aromatic heterocycles. The van der Waals surface area contributed by atoms with Crippen LogP contribution in [0.2, 0.25) is 0 Å². The number of rotatable bonds is 7. The number of aromatic nitrogens is 2. The number of carbonyl (C=O) groups excluding carboxylic acids is 1. The molecule has 1 fully saturated rings. The summed E-state index contributed by atoms with van der Waals surface area (Å²) in [4.78, 5) is 29.8. The van der Waals surface area contributed by atoms with Gasteiger partial charge in [0.15, 0.2) is 11.2 Å². The van der Waals surface area contributed by atoms with Crippen LogP contribution in [0.1, 0.15) is 80.5 Å². The summed E-state index contributed by atoms with van der Waals surface area (Å²) >= 11 is 0. The molecule has 6 nitrogen and oxygen atoms in total. The second-order valence-corrected chi connectivity index (χ2v) is 9.83. The van der Waals surface area contributed by atoms with E-state index in [-0.39, 0.29) is 41.7 Å². The summed E-state index contributed by atoms with van der Waals surface area (Å²) in [6, 6.07) is 3.83. The smallest absolute Gasteiger partial charge is 0.193 e. The zero-order chi connectivity index (χ0) is 22.3. The van der Waals surface area contributed by atoms with E-state index in [1.54, 1.807) is 19.4 Å². The predicted octanol–water partition coefficient (Wildman–Crippen LogP) is 4.66. The molecule has 0 radical (unpaired) electrons. The summed E-state index contributed by atoms with van der Waals surface area (Å²) in [7, 11) is 1.69. The molecule has 32 heavy (non-hydrogen) atoms. The van der Waals surface area contributed by atoms with Crippen LogP contribution in [0.25, 0.3) is 11.4 Å². The molecule has 0 spiro atoms. The molecule has 1 aliphatic carbocycles. The van der Waals surface area contributed by atoms with Crippen LogP contribution in [-0.2, 0) is 11.2 Å². The Morgan fingerprint density at radius 3 is 2.53 bits per heavy atom. The third-order valence-corrected chi connectivity index (χ3v) is 6.26. The fourth-order valence-electron chi connectivity index (χ4n) is 4.37. The standard InChI is InChI=1S/C25H32N2O4.H2S/c1-15(28)18-14-27-19(13-20(18)29)23-17(12-22(27)25(2,3)4)11-21(31-10-6-9-30-5)24(26-23)16-7-8-16;/h11,13-14,16,22H,6-10,12H2,1-5H3;1H2/t22-;/m0./s1. The Morgan fingerprint density at radius 1 is 1.22 bits per heavy atom. The highest BCUT2D eigenvalue weighted by Crippen LogP contribution is 2.47. The highest BCUT2D eigenvalue weighted by atomic mass is 32.1. The number of ketones is 1. The van der Waals surface area contributed by atoms with Crippen LogP contribution in [0.5, 0.6) is 5.75 Å². The largest absolute Gasteiger partial charge is 0.492 e. The second kappa shape index (κ2) is 9.40. The molecule has 4 rings (SSSR count). The van der Waals surface area contributed by atoms with Crippen LogP contribution in [0.3, 0.4) is 0 Å². The fourth-order valence-corrected chi connectivity index (χ4v) is 4.37. The van der Waals surface area contributed by atoms with Crippen molar-refractivity contribution in [2.24, 2.45) is 5.41 Å². The van der Waals surface area contributed by atoms with Gasteiger partial charge in [0.05, 0.1) is 29.3 Å². The van der Waals surface area contributed by atoms with E-state index >= 15 is 0 Å². The van der Waals surface area contributed by atoms with Gasteiger partial charge in [0, 0.05) is 44.4 Å². The maximum Gasteiger partial charge on any atom is 0.193 e. The van der Waals surface area contributed by atoms with Crippen molar-refractivity contribution >= 4 is 19.3 Å². The highest BCUT2D eigenvalue weighted by molar-refractivity contribution is 7.59. The van der Waals surface area contributed by atoms with E-state index < -0.39 is 0 Å². The van der Waals surface area contributed by atoms with E-state index in [1.165, 1.54) is 6.92 Å². The van der Waals surface area contributed by atoms with Crippen molar-refractivity contribution in [3.8, 4) is 17.1 Å². The summed E-state index contributed by atoms with van der Waals surface area (Å²) in [5.74, 6) is 1.08. The van der Waals surface area contributed by atoms with Crippen LogP contribution in [0.4, 0.5) is 0 Å². The molecule has 0 N–H and O–H groups in total. The Labute approximate surface area is 196 Å². The average molecular weight is 459 g/mol. The topological polar surface area (TPSA) is 70.4 Å². The lowest BCUT2D eigenvalue weighted by molar-refractivity contribution is 0.101. The minimum absolute atomic E-state index is 0. The SMILES string of the molecule is COCCCOc1cc2c(nc1C1CC1)-c1cc(=O)c(C(C)=O)cn1[C@H](C(C)(C)C)C2.S. The molecule has 1 aliphatic heterocycles. The quantitative estimate of drug-likeness (QED) is 0.446. The maximum absolute atomic E-state index is 12.7. The normalized spacial score (nSPS) is 17.2. The minimum Gasteiger partial charge on any atom is -0.492 e. The fraction of sp³-hybridized carbons (Fsp3) is 0.560. The molecule has 7 heteroatoms. The molecule has 1 atom stereocenters. The van der Waals surface area contributed by atoms with Gasteiger partial charge in [0.2, 0.25) is 0 Å². The number of nitrogens with zero attached hydrogens (tertiary/aromatic N) is 2. The van der Waals surface area contributed by atoms with Crippen molar-refractivity contribution in [1.29, 1.82) is 0 Å². The summed E-state index contributed by atoms with van der Waals surface area (Å²) in [5, 5.41) is 0. The average Bonchev–Trinajstić information content (AvgIpc) is 3.54. The van der Waals surface area contributed by atoms with E-state index in [4.69, 9.17) is 14.5 Å². The van der Waals surface area contributed by atoms with E-state index in [0.717, 1.165) is 54.1 Å². The van der Waals surface area contributed by atoms with Crippen LogP contribution < -0.4 is 10.2 Å². The Bertz CT molecular complexity index is 1070. The lowest BCUT2D eigenvalue weighted by Crippen LogP contribution is -2.33. The number of hydrogen-bond acceptors (Lipinski definition) is 5. The molecule has 0 bridgehead atoms. The zero-order valence-electron chi connectivity index (χ0n) is 19.7. The third kappa shape index (κ3) is 4.79. The zero-order valence-corrected chi connectivity index (χ0v) is 20.7. The van der Waals surface area contributed by atoms with E-state index in [1.807, 2.05) is 0 Å². The number of Topliss-reactive ketones (excluding diaryl/α,β-unsaturated/α-hetero) is 1. The van der Waals surface area contributed by atoms with Crippen molar-refractivity contribution in [1.82, 2.24) is 9.55 Å². The highest BCUT2D eigenvalue weighted by Gasteiger charge is 2.36. The van der Waals surface area contributed by atoms with Gasteiger partial charge in [-0.25, -0.2) is 4.98 Å². The molecule has 3 heterocycles. The van der Waals surface area contributed by atoms with Crippen molar-refractivity contribution < 1.29 is 14.3 Å². The van der Waals surface area contributed by atoms with Gasteiger partial charge in [-0.15, -0.1) is 0 Å². The molecule has 174 valence electrons. The van der Waals surface area contributed by atoms with E-state index in [9.17, 15) is 9.59 Å². The van der Waals surface area contributed by atoms with Crippen molar-refractivity contribution in [3.63, 3.8) is 0 Å². The first-order valence-electron chi connectivity index (χ1n) is 11.1. The van der Waals surface area contributed by atoms with Gasteiger partial charge >= 0.3 is 0 Å². The molecular formula is C25H34N2O4S. The second-order valence-electron chi connectivity index (χ2n) is 9.83. The lowest BCUT2D eigenvalue weighted by atomic mass is 9.79. The summed E-state index contributed by atoms with van der Waals surface area (Å²) in [6.45, 7) is 9.26. The van der Waals surface area contributed by atoms with E-state index in [2.05, 4.69) is 31.4 Å². The molecular weight excluding hydrogens is 424 g/mol. The molecule has 2 aromatic rings. The Balaban J connectivity index is 0.00000289. The van der Waals surface area contributed by atoms with Gasteiger partial charge in [-0.3, -0.25) is 9.59 Å². The number of hydrogen-bond donors (Lipinski definition) is 0. The van der Waals surface area contributed by atoms with Gasteiger partial charge in [-0.05, 0) is 43.2 Å². The number of ether oxygens (including phenoxy) is 2. The summed E-state index contributed by atoms with van der Waals surface area (Å²) in [5.41, 5.74) is 3.66. The number of pyridine rings is 2. The van der Waals surface area contributed by atoms with Gasteiger partial charge in [-0.2, -0.15) is 13.5 Å². The first kappa shape index (κ1) is 24.5. The molecule has 2 aliphatic rings. The molecule has 0 aromatic carbocycles. The van der Waals surface area contributed by atoms with Gasteiger partial charge in [0.25, 0.3) is 0 Å². The summed E-state index contributed by atoms with van der Waals surface area (Å²) < 4.78 is 13.4. The maximum atomic E-state index is 12.7. The van der Waals surface area contributed by atoms with E-state index in [0.29, 0.717) is 19.1 Å². The van der Waals surface area contributed by atoms with Crippen LogP contribution in [0.15, 0.2) is 23.1 Å². The molecule has 0 unspecified atom stereocenters. The Hall–Kier alpha value is -2.12. The van der Waals surface area contributed by atoms with Crippen LogP contribution in [-0.4, -0.2) is 35.7 Å². The van der Waals surface area contributed by atoms with Crippen molar-refractivity contribution in [2.45, 2.75) is 65.3 Å². The molecule has 1 saturated carbocycles. The predicted molar refractivity (Wildman–Crippen MR) is 130 cm³/mol. The summed E-state index contributed by atoms with van der Waals surface area (Å²) in [6.07, 6.45) is 5.57. The van der Waals surface area contributed by atoms with Crippen LogP contribution >= 0.6 is 13.5 Å². The number of fused-ring (bicyclic) bond motifs is 3. The first-order valence-corrected chi connectivity index (χ1v) is 11.1. The van der Waals surface area contributed by atoms with Crippen LogP contribution in [0, 0.1) is 5.41 Å². The number of carbonyl (C=O) groups is 1. The van der Waals surface area contributed by atoms with Gasteiger partial charge in [-0.1, -0.05) is 20.8 Å². The molecule has 0 amide bonds. The Kier molecular flexibility index (Phi) is 7.20. The minimum atomic E-state index is -0.242. The lowest BCUT2D eigenvalue weighted by Gasteiger charge is -2.38. The number of methoxy groups -OCH3 is 1. The van der Waals surface area contributed by atoms with Crippen molar-refractivity contribution in [3.05, 3.63) is 45.4 Å². The first-order chi connectivity index (χ1) is 14.7. The van der Waals surface area contributed by atoms with Gasteiger partial charge in [0.1, 0.15) is 5.75 Å².